The molecule has 1 amide bonds. The van der Waals surface area contributed by atoms with Crippen molar-refractivity contribution in [1.82, 2.24) is 9.62 Å². The minimum absolute atomic E-state index is 0.0507. The molecule has 1 N–H and O–H groups in total. The van der Waals surface area contributed by atoms with Crippen LogP contribution in [0.5, 0.6) is 11.5 Å². The van der Waals surface area contributed by atoms with Crippen molar-refractivity contribution in [2.24, 2.45) is 5.92 Å². The van der Waals surface area contributed by atoms with Crippen LogP contribution in [0.2, 0.25) is 0 Å². The third-order valence-corrected chi connectivity index (χ3v) is 7.94. The summed E-state index contributed by atoms with van der Waals surface area (Å²) in [6, 6.07) is 8.88. The molecule has 0 aliphatic carbocycles. The van der Waals surface area contributed by atoms with Crippen molar-refractivity contribution >= 4 is 15.9 Å². The van der Waals surface area contributed by atoms with Crippen LogP contribution in [0, 0.1) is 5.92 Å². The lowest BCUT2D eigenvalue weighted by molar-refractivity contribution is -0.137. The number of hydrogen-bond donors (Lipinski definition) is 1. The first kappa shape index (κ1) is 24.3. The summed E-state index contributed by atoms with van der Waals surface area (Å²) in [5.41, 5.74) is -0.168. The zero-order chi connectivity index (χ0) is 24.5. The molecule has 1 unspecified atom stereocenters. The van der Waals surface area contributed by atoms with E-state index in [9.17, 15) is 26.4 Å². The highest BCUT2D eigenvalue weighted by molar-refractivity contribution is 7.89. The van der Waals surface area contributed by atoms with Crippen LogP contribution in [0.15, 0.2) is 47.4 Å². The molecule has 0 saturated carbocycles. The third-order valence-electron chi connectivity index (χ3n) is 6.05. The van der Waals surface area contributed by atoms with Gasteiger partial charge in [-0.3, -0.25) is 4.79 Å². The largest absolute Gasteiger partial charge is 0.486 e. The van der Waals surface area contributed by atoms with Crippen molar-refractivity contribution in [2.45, 2.75) is 36.9 Å². The molecule has 184 valence electrons. The van der Waals surface area contributed by atoms with E-state index in [2.05, 4.69) is 5.32 Å². The summed E-state index contributed by atoms with van der Waals surface area (Å²) in [7, 11) is -4.09. The summed E-state index contributed by atoms with van der Waals surface area (Å²) < 4.78 is 76.9. The first-order chi connectivity index (χ1) is 16.1. The van der Waals surface area contributed by atoms with Gasteiger partial charge in [-0.15, -0.1) is 0 Å². The van der Waals surface area contributed by atoms with Crippen LogP contribution < -0.4 is 14.8 Å². The maximum atomic E-state index is 13.0. The number of halogens is 3. The summed E-state index contributed by atoms with van der Waals surface area (Å²) in [4.78, 5) is 12.4. The van der Waals surface area contributed by atoms with Gasteiger partial charge in [-0.25, -0.2) is 8.42 Å². The summed E-state index contributed by atoms with van der Waals surface area (Å²) >= 11 is 0. The quantitative estimate of drug-likeness (QED) is 0.679. The predicted octanol–water partition coefficient (Wildman–Crippen LogP) is 3.75. The number of amides is 1. The van der Waals surface area contributed by atoms with Crippen molar-refractivity contribution in [1.29, 1.82) is 0 Å². The van der Waals surface area contributed by atoms with Gasteiger partial charge in [0.05, 0.1) is 16.5 Å². The number of rotatable bonds is 5. The molecular weight excluding hydrogens is 473 g/mol. The maximum absolute atomic E-state index is 13.0. The van der Waals surface area contributed by atoms with E-state index >= 15 is 0 Å². The normalized spacial score (nSPS) is 18.4. The standard InChI is InChI=1S/C23H25F3N2O5S/c1-15(17-5-6-20-21(13-17)33-12-11-32-20)27-22(29)16-7-9-28(10-8-16)34(30,31)19-4-2-3-18(14-19)23(24,25)26/h2-6,13-16H,7-12H2,1H3,(H,27,29). The number of fused-ring (bicyclic) bond motifs is 1. The fraction of sp³-hybridized carbons (Fsp3) is 0.435. The number of carbonyl (C=O) groups is 1. The Balaban J connectivity index is 1.36. The van der Waals surface area contributed by atoms with Gasteiger partial charge in [-0.1, -0.05) is 12.1 Å². The molecule has 1 fully saturated rings. The SMILES string of the molecule is CC(NC(=O)C1CCN(S(=O)(=O)c2cccc(C(F)(F)F)c2)CC1)c1ccc2c(c1)OCCO2. The second kappa shape index (κ2) is 9.46. The fourth-order valence-electron chi connectivity index (χ4n) is 4.08. The molecule has 1 atom stereocenters. The molecule has 7 nitrogen and oxygen atoms in total. The molecule has 34 heavy (non-hydrogen) atoms. The first-order valence-electron chi connectivity index (χ1n) is 10.9. The summed E-state index contributed by atoms with van der Waals surface area (Å²) in [5, 5.41) is 2.95. The van der Waals surface area contributed by atoms with Crippen LogP contribution in [-0.2, 0) is 21.0 Å². The van der Waals surface area contributed by atoms with E-state index in [1.165, 1.54) is 0 Å². The van der Waals surface area contributed by atoms with Gasteiger partial charge in [-0.05, 0) is 55.7 Å². The van der Waals surface area contributed by atoms with Crippen molar-refractivity contribution in [3.05, 3.63) is 53.6 Å². The van der Waals surface area contributed by atoms with Crippen molar-refractivity contribution < 1.29 is 35.9 Å². The number of nitrogens with one attached hydrogen (secondary N) is 1. The number of carbonyl (C=O) groups excluding carboxylic acids is 1. The lowest BCUT2D eigenvalue weighted by atomic mass is 9.96. The molecule has 11 heteroatoms. The smallest absolute Gasteiger partial charge is 0.416 e. The molecule has 0 radical (unpaired) electrons. The first-order valence-corrected chi connectivity index (χ1v) is 12.4. The maximum Gasteiger partial charge on any atom is 0.416 e. The minimum Gasteiger partial charge on any atom is -0.486 e. The van der Waals surface area contributed by atoms with Crippen LogP contribution in [0.25, 0.3) is 0 Å². The van der Waals surface area contributed by atoms with E-state index in [1.807, 2.05) is 19.1 Å². The Labute approximate surface area is 195 Å². The Hall–Kier alpha value is -2.79. The van der Waals surface area contributed by atoms with Crippen LogP contribution in [0.1, 0.15) is 36.9 Å². The summed E-state index contributed by atoms with van der Waals surface area (Å²) in [5.74, 6) is 0.687. The number of hydrogen-bond acceptors (Lipinski definition) is 5. The Bertz CT molecular complexity index is 1160. The van der Waals surface area contributed by atoms with Gasteiger partial charge in [0.25, 0.3) is 0 Å². The second-order valence-corrected chi connectivity index (χ2v) is 10.3. The lowest BCUT2D eigenvalue weighted by Gasteiger charge is -2.31. The molecular formula is C23H25F3N2O5S. The summed E-state index contributed by atoms with van der Waals surface area (Å²) in [6.45, 7) is 2.89. The van der Waals surface area contributed by atoms with Gasteiger partial charge < -0.3 is 14.8 Å². The minimum atomic E-state index is -4.63. The Morgan fingerprint density at radius 2 is 1.74 bits per heavy atom. The highest BCUT2D eigenvalue weighted by Crippen LogP contribution is 2.34. The molecule has 2 aromatic carbocycles. The predicted molar refractivity (Wildman–Crippen MR) is 117 cm³/mol. The molecule has 2 heterocycles. The van der Waals surface area contributed by atoms with Crippen molar-refractivity contribution in [2.75, 3.05) is 26.3 Å². The molecule has 0 aromatic heterocycles. The zero-order valence-electron chi connectivity index (χ0n) is 18.5. The number of ether oxygens (including phenoxy) is 2. The van der Waals surface area contributed by atoms with Crippen LogP contribution >= 0.6 is 0 Å². The number of nitrogens with zero attached hydrogens (tertiary/aromatic N) is 1. The second-order valence-electron chi connectivity index (χ2n) is 8.34. The van der Waals surface area contributed by atoms with Crippen LogP contribution in [-0.4, -0.2) is 44.9 Å². The average molecular weight is 499 g/mol. The van der Waals surface area contributed by atoms with E-state index in [0.717, 1.165) is 28.1 Å². The molecule has 2 aliphatic rings. The third kappa shape index (κ3) is 5.15. The van der Waals surface area contributed by atoms with Gasteiger partial charge in [0.2, 0.25) is 15.9 Å². The molecule has 0 bridgehead atoms. The van der Waals surface area contributed by atoms with Crippen LogP contribution in [0.3, 0.4) is 0 Å². The van der Waals surface area contributed by atoms with Crippen LogP contribution in [0.4, 0.5) is 13.2 Å². The fourth-order valence-corrected chi connectivity index (χ4v) is 5.60. The molecule has 4 rings (SSSR count). The number of benzene rings is 2. The molecule has 0 spiro atoms. The Kier molecular flexibility index (Phi) is 6.77. The van der Waals surface area contributed by atoms with E-state index < -0.39 is 32.6 Å². The highest BCUT2D eigenvalue weighted by atomic mass is 32.2. The van der Waals surface area contributed by atoms with E-state index in [4.69, 9.17) is 9.47 Å². The Morgan fingerprint density at radius 3 is 2.41 bits per heavy atom. The number of alkyl halides is 3. The summed E-state index contributed by atoms with van der Waals surface area (Å²) in [6.07, 6.45) is -4.08. The van der Waals surface area contributed by atoms with Crippen molar-refractivity contribution in [3.63, 3.8) is 0 Å². The van der Waals surface area contributed by atoms with E-state index in [0.29, 0.717) is 30.8 Å². The van der Waals surface area contributed by atoms with Gasteiger partial charge in [0.1, 0.15) is 13.2 Å². The van der Waals surface area contributed by atoms with Gasteiger partial charge >= 0.3 is 6.18 Å². The van der Waals surface area contributed by atoms with Crippen molar-refractivity contribution in [3.8, 4) is 11.5 Å². The Morgan fingerprint density at radius 1 is 1.06 bits per heavy atom. The monoisotopic (exact) mass is 498 g/mol. The molecule has 2 aromatic rings. The zero-order valence-corrected chi connectivity index (χ0v) is 19.3. The molecule has 1 saturated heterocycles. The molecule has 2 aliphatic heterocycles. The average Bonchev–Trinajstić information content (AvgIpc) is 2.83. The highest BCUT2D eigenvalue weighted by Gasteiger charge is 2.35. The van der Waals surface area contributed by atoms with Gasteiger partial charge in [-0.2, -0.15) is 17.5 Å². The number of piperidine rings is 1. The number of sulfonamides is 1. The van der Waals surface area contributed by atoms with E-state index in [1.54, 1.807) is 6.07 Å². The lowest BCUT2D eigenvalue weighted by Crippen LogP contribution is -2.43. The topological polar surface area (TPSA) is 84.9 Å². The van der Waals surface area contributed by atoms with E-state index in [-0.39, 0.29) is 37.9 Å². The van der Waals surface area contributed by atoms with Gasteiger partial charge in [0, 0.05) is 19.0 Å². The van der Waals surface area contributed by atoms with Gasteiger partial charge in [0.15, 0.2) is 11.5 Å².